The molecule has 1 aromatic heterocycles. The molecule has 0 fully saturated rings. The Balaban J connectivity index is 1.45. The number of rotatable bonds is 3. The van der Waals surface area contributed by atoms with Gasteiger partial charge in [0.05, 0.1) is 10.2 Å². The Morgan fingerprint density at radius 3 is 3.10 bits per heavy atom. The molecule has 0 aliphatic carbocycles. The number of benzene rings is 2. The van der Waals surface area contributed by atoms with Gasteiger partial charge in [0.25, 0.3) is 0 Å². The lowest BCUT2D eigenvalue weighted by Gasteiger charge is -2.08. The Kier molecular flexibility index (Phi) is 3.24. The average Bonchev–Trinajstić information content (AvgIpc) is 3.07. The highest BCUT2D eigenvalue weighted by Gasteiger charge is 2.22. The van der Waals surface area contributed by atoms with Gasteiger partial charge >= 0.3 is 0 Å². The predicted molar refractivity (Wildman–Crippen MR) is 89.3 cm³/mol. The van der Waals surface area contributed by atoms with Gasteiger partial charge in [0.2, 0.25) is 0 Å². The van der Waals surface area contributed by atoms with Crippen molar-refractivity contribution in [2.24, 2.45) is 0 Å². The molecule has 0 radical (unpaired) electrons. The first-order chi connectivity index (χ1) is 10.3. The molecule has 3 aromatic rings. The van der Waals surface area contributed by atoms with Crippen LogP contribution in [0, 0.1) is 0 Å². The van der Waals surface area contributed by atoms with Crippen molar-refractivity contribution in [3.05, 3.63) is 48.0 Å². The Hall–Kier alpha value is -1.72. The predicted octanol–water partition coefficient (Wildman–Crippen LogP) is 3.97. The van der Waals surface area contributed by atoms with Gasteiger partial charge in [0, 0.05) is 17.9 Å². The molecule has 1 aliphatic rings. The van der Waals surface area contributed by atoms with E-state index < -0.39 is 0 Å². The van der Waals surface area contributed by atoms with Crippen molar-refractivity contribution in [2.75, 3.05) is 11.5 Å². The Bertz CT molecular complexity index is 775. The van der Waals surface area contributed by atoms with Gasteiger partial charge in [0.15, 0.2) is 4.34 Å². The molecule has 1 atom stereocenters. The van der Waals surface area contributed by atoms with Crippen molar-refractivity contribution in [2.45, 2.75) is 16.9 Å². The lowest BCUT2D eigenvalue weighted by atomic mass is 10.1. The van der Waals surface area contributed by atoms with Crippen LogP contribution in [0.4, 0.5) is 5.69 Å². The fraction of sp³-hybridized carbons (Fsp3) is 0.188. The maximum absolute atomic E-state index is 5.96. The molecule has 0 spiro atoms. The zero-order chi connectivity index (χ0) is 14.2. The van der Waals surface area contributed by atoms with Crippen molar-refractivity contribution >= 4 is 39.0 Å². The summed E-state index contributed by atoms with van der Waals surface area (Å²) in [6.07, 6.45) is 1.23. The lowest BCUT2D eigenvalue weighted by molar-refractivity contribution is 0.259. The van der Waals surface area contributed by atoms with E-state index in [0.717, 1.165) is 38.2 Å². The minimum absolute atomic E-state index is 0.240. The molecular weight excluding hydrogens is 300 g/mol. The van der Waals surface area contributed by atoms with Crippen molar-refractivity contribution < 1.29 is 4.74 Å². The van der Waals surface area contributed by atoms with Crippen molar-refractivity contribution in [3.8, 4) is 5.75 Å². The van der Waals surface area contributed by atoms with Gasteiger partial charge in [0.1, 0.15) is 11.9 Å². The summed E-state index contributed by atoms with van der Waals surface area (Å²) >= 11 is 3.46. The van der Waals surface area contributed by atoms with E-state index in [1.807, 2.05) is 30.3 Å². The second-order valence-electron chi connectivity index (χ2n) is 5.07. The van der Waals surface area contributed by atoms with Crippen LogP contribution in [-0.4, -0.2) is 16.8 Å². The number of nitrogens with zero attached hydrogens (tertiary/aromatic N) is 1. The maximum atomic E-state index is 5.96. The first-order valence-corrected chi connectivity index (χ1v) is 8.61. The highest BCUT2D eigenvalue weighted by atomic mass is 32.2. The lowest BCUT2D eigenvalue weighted by Crippen LogP contribution is -2.15. The molecular formula is C16H14N2OS2. The van der Waals surface area contributed by atoms with Crippen LogP contribution in [-0.2, 0) is 6.42 Å². The van der Waals surface area contributed by atoms with Crippen LogP contribution >= 0.6 is 23.1 Å². The summed E-state index contributed by atoms with van der Waals surface area (Å²) < 4.78 is 8.18. The van der Waals surface area contributed by atoms with E-state index >= 15 is 0 Å². The molecule has 106 valence electrons. The third-order valence-electron chi connectivity index (χ3n) is 3.50. The smallest absolute Gasteiger partial charge is 0.151 e. The highest BCUT2D eigenvalue weighted by molar-refractivity contribution is 8.01. The molecule has 2 heterocycles. The van der Waals surface area contributed by atoms with Crippen LogP contribution in [0.25, 0.3) is 10.2 Å². The van der Waals surface area contributed by atoms with Crippen molar-refractivity contribution in [3.63, 3.8) is 0 Å². The minimum Gasteiger partial charge on any atom is -0.489 e. The van der Waals surface area contributed by atoms with Gasteiger partial charge in [-0.2, -0.15) is 0 Å². The molecule has 0 amide bonds. The molecule has 1 unspecified atom stereocenters. The molecule has 2 aromatic carbocycles. The summed E-state index contributed by atoms with van der Waals surface area (Å²) in [5, 5.41) is 0. The summed E-state index contributed by atoms with van der Waals surface area (Å²) in [7, 11) is 0. The van der Waals surface area contributed by atoms with Crippen LogP contribution < -0.4 is 10.5 Å². The number of aromatic nitrogens is 1. The van der Waals surface area contributed by atoms with Crippen LogP contribution in [0.5, 0.6) is 5.75 Å². The van der Waals surface area contributed by atoms with Gasteiger partial charge in [-0.05, 0) is 29.8 Å². The normalized spacial score (nSPS) is 16.9. The van der Waals surface area contributed by atoms with Crippen LogP contribution in [0.1, 0.15) is 5.56 Å². The highest BCUT2D eigenvalue weighted by Crippen LogP contribution is 2.34. The van der Waals surface area contributed by atoms with Crippen molar-refractivity contribution in [1.82, 2.24) is 4.98 Å². The number of fused-ring (bicyclic) bond motifs is 2. The van der Waals surface area contributed by atoms with Crippen LogP contribution in [0.15, 0.2) is 46.8 Å². The summed E-state index contributed by atoms with van der Waals surface area (Å²) in [5.41, 5.74) is 8.92. The third-order valence-corrected chi connectivity index (χ3v) is 5.79. The van der Waals surface area contributed by atoms with E-state index in [0.29, 0.717) is 0 Å². The largest absolute Gasteiger partial charge is 0.489 e. The van der Waals surface area contributed by atoms with E-state index in [-0.39, 0.29) is 6.10 Å². The number of anilines is 1. The molecule has 0 saturated heterocycles. The number of hydrogen-bond acceptors (Lipinski definition) is 5. The van der Waals surface area contributed by atoms with Crippen LogP contribution in [0.2, 0.25) is 0 Å². The Labute approximate surface area is 131 Å². The monoisotopic (exact) mass is 314 g/mol. The molecule has 0 saturated carbocycles. The van der Waals surface area contributed by atoms with Crippen molar-refractivity contribution in [1.29, 1.82) is 0 Å². The summed E-state index contributed by atoms with van der Waals surface area (Å²) in [5.74, 6) is 1.95. The maximum Gasteiger partial charge on any atom is 0.151 e. The Morgan fingerprint density at radius 1 is 1.29 bits per heavy atom. The van der Waals surface area contributed by atoms with Gasteiger partial charge < -0.3 is 10.5 Å². The summed E-state index contributed by atoms with van der Waals surface area (Å²) in [6, 6.07) is 14.1. The van der Waals surface area contributed by atoms with E-state index in [2.05, 4.69) is 17.1 Å². The molecule has 21 heavy (non-hydrogen) atoms. The van der Waals surface area contributed by atoms with Gasteiger partial charge in [-0.15, -0.1) is 11.3 Å². The summed E-state index contributed by atoms with van der Waals surface area (Å²) in [4.78, 5) is 4.63. The Morgan fingerprint density at radius 2 is 2.19 bits per heavy atom. The van der Waals surface area contributed by atoms with Gasteiger partial charge in [-0.25, -0.2) is 4.98 Å². The zero-order valence-electron chi connectivity index (χ0n) is 11.3. The van der Waals surface area contributed by atoms with Gasteiger partial charge in [-0.3, -0.25) is 0 Å². The molecule has 1 aliphatic heterocycles. The number of thioether (sulfide) groups is 1. The van der Waals surface area contributed by atoms with Crippen LogP contribution in [0.3, 0.4) is 0 Å². The summed E-state index contributed by atoms with van der Waals surface area (Å²) in [6.45, 7) is 0. The number of ether oxygens (including phenoxy) is 1. The SMILES string of the molecule is Nc1ccc2nc(SCC3Cc4ccccc4O3)sc2c1. The molecule has 5 heteroatoms. The second kappa shape index (κ2) is 5.24. The number of thiazole rings is 1. The average molecular weight is 314 g/mol. The van der Waals surface area contributed by atoms with E-state index in [9.17, 15) is 0 Å². The minimum atomic E-state index is 0.240. The molecule has 3 nitrogen and oxygen atoms in total. The molecule has 0 bridgehead atoms. The third kappa shape index (κ3) is 2.59. The van der Waals surface area contributed by atoms with Gasteiger partial charge in [-0.1, -0.05) is 30.0 Å². The first kappa shape index (κ1) is 13.0. The van der Waals surface area contributed by atoms with E-state index in [1.165, 1.54) is 5.56 Å². The number of hydrogen-bond donors (Lipinski definition) is 1. The fourth-order valence-electron chi connectivity index (χ4n) is 2.49. The van der Waals surface area contributed by atoms with E-state index in [1.54, 1.807) is 23.1 Å². The number of nitrogens with two attached hydrogens (primary N) is 1. The number of para-hydroxylation sites is 1. The zero-order valence-corrected chi connectivity index (χ0v) is 12.9. The fourth-order valence-corrected chi connectivity index (χ4v) is 4.62. The second-order valence-corrected chi connectivity index (χ2v) is 7.37. The molecule has 2 N–H and O–H groups in total. The molecule has 4 rings (SSSR count). The quantitative estimate of drug-likeness (QED) is 0.587. The van der Waals surface area contributed by atoms with E-state index in [4.69, 9.17) is 10.5 Å². The number of nitrogen functional groups attached to an aromatic ring is 1. The topological polar surface area (TPSA) is 48.1 Å². The standard InChI is InChI=1S/C16H14N2OS2/c17-11-5-6-13-15(8-11)21-16(18-13)20-9-12-7-10-3-1-2-4-14(10)19-12/h1-6,8,12H,7,9,17H2. The first-order valence-electron chi connectivity index (χ1n) is 6.81.